The van der Waals surface area contributed by atoms with E-state index in [0.717, 1.165) is 34.6 Å². The van der Waals surface area contributed by atoms with Gasteiger partial charge >= 0.3 is 0 Å². The van der Waals surface area contributed by atoms with E-state index in [-0.39, 0.29) is 19.0 Å². The number of rotatable bonds is 11. The molecule has 3 aromatic rings. The average molecular weight is 522 g/mol. The van der Waals surface area contributed by atoms with Crippen molar-refractivity contribution in [3.05, 3.63) is 60.7 Å². The minimum atomic E-state index is 0.0117. The molecule has 0 aliphatic carbocycles. The molecule has 9 nitrogen and oxygen atoms in total. The highest BCUT2D eigenvalue weighted by Crippen LogP contribution is 2.36. The van der Waals surface area contributed by atoms with Crippen LogP contribution in [0.3, 0.4) is 0 Å². The fraction of sp³-hybridized carbons (Fsp3) is 0.379. The van der Waals surface area contributed by atoms with Crippen molar-refractivity contribution in [1.82, 2.24) is 0 Å². The third kappa shape index (κ3) is 6.61. The van der Waals surface area contributed by atoms with Crippen molar-refractivity contribution in [3.63, 3.8) is 0 Å². The van der Waals surface area contributed by atoms with E-state index in [9.17, 15) is 15.3 Å². The summed E-state index contributed by atoms with van der Waals surface area (Å²) >= 11 is 0. The number of nitrogen functional groups attached to an aromatic ring is 1. The van der Waals surface area contributed by atoms with Crippen LogP contribution < -0.4 is 26.2 Å². The lowest BCUT2D eigenvalue weighted by molar-refractivity contribution is -0.893. The second-order valence-electron chi connectivity index (χ2n) is 10.7. The number of nitrogens with one attached hydrogen (secondary N) is 2. The number of benzene rings is 3. The fourth-order valence-electron chi connectivity index (χ4n) is 4.85. The van der Waals surface area contributed by atoms with E-state index >= 15 is 0 Å². The molecule has 1 aliphatic rings. The van der Waals surface area contributed by atoms with Gasteiger partial charge in [0.25, 0.3) is 0 Å². The molecule has 1 aliphatic heterocycles. The van der Waals surface area contributed by atoms with Crippen LogP contribution in [0, 0.1) is 0 Å². The lowest BCUT2D eigenvalue weighted by Gasteiger charge is -2.31. The Balaban J connectivity index is 1.44. The third-order valence-corrected chi connectivity index (χ3v) is 7.19. The number of aromatic hydroxyl groups is 1. The normalized spacial score (nSPS) is 15.5. The summed E-state index contributed by atoms with van der Waals surface area (Å²) in [6.07, 6.45) is 1.19. The van der Waals surface area contributed by atoms with Crippen LogP contribution in [0.4, 0.5) is 39.8 Å². The van der Waals surface area contributed by atoms with E-state index in [1.165, 1.54) is 18.2 Å². The number of hydrogen-bond acceptors (Lipinski definition) is 8. The van der Waals surface area contributed by atoms with Gasteiger partial charge in [-0.1, -0.05) is 0 Å². The van der Waals surface area contributed by atoms with E-state index in [1.807, 2.05) is 41.3 Å². The molecule has 1 heterocycles. The lowest BCUT2D eigenvalue weighted by atomic mass is 10.2. The first kappa shape index (κ1) is 27.4. The molecular weight excluding hydrogens is 480 g/mol. The van der Waals surface area contributed by atoms with Gasteiger partial charge in [-0.15, -0.1) is 0 Å². The summed E-state index contributed by atoms with van der Waals surface area (Å²) in [6.45, 7) is 3.02. The summed E-state index contributed by atoms with van der Waals surface area (Å²) in [7, 11) is 6.76. The maximum absolute atomic E-state index is 10.5. The minimum absolute atomic E-state index is 0.0117. The fourth-order valence-corrected chi connectivity index (χ4v) is 4.85. The van der Waals surface area contributed by atoms with Crippen LogP contribution in [0.5, 0.6) is 5.75 Å². The van der Waals surface area contributed by atoms with Crippen molar-refractivity contribution in [2.24, 2.45) is 0 Å². The van der Waals surface area contributed by atoms with Crippen molar-refractivity contribution in [3.8, 4) is 5.75 Å². The maximum Gasteiger partial charge on any atom is 0.141 e. The molecule has 1 atom stereocenters. The number of phenolic OH excluding ortho intramolecular Hbond substituents is 1. The molecule has 9 heteroatoms. The number of nitrogens with two attached hydrogens (primary N) is 1. The van der Waals surface area contributed by atoms with Gasteiger partial charge in [0.2, 0.25) is 0 Å². The molecule has 0 aromatic heterocycles. The SMILES string of the molecule is C[N+](C)(C)C1CCN(c2ccc(Nc3cc(Nc4ccc(N(CCO)CCO)cc4)c(N)cc3O)cc2)C1. The van der Waals surface area contributed by atoms with Crippen LogP contribution in [0.25, 0.3) is 0 Å². The van der Waals surface area contributed by atoms with Crippen LogP contribution >= 0.6 is 0 Å². The zero-order chi connectivity index (χ0) is 27.3. The van der Waals surface area contributed by atoms with Crippen molar-refractivity contribution in [1.29, 1.82) is 0 Å². The Hall–Kier alpha value is -3.66. The monoisotopic (exact) mass is 521 g/mol. The van der Waals surface area contributed by atoms with Crippen LogP contribution in [0.15, 0.2) is 60.7 Å². The van der Waals surface area contributed by atoms with Gasteiger partial charge in [0.15, 0.2) is 0 Å². The second-order valence-corrected chi connectivity index (χ2v) is 10.7. The molecule has 4 rings (SSSR count). The summed E-state index contributed by atoms with van der Waals surface area (Å²) in [6, 6.07) is 19.9. The van der Waals surface area contributed by atoms with Crippen LogP contribution in [-0.4, -0.2) is 86.4 Å². The van der Waals surface area contributed by atoms with E-state index < -0.39 is 0 Å². The molecule has 1 unspecified atom stereocenters. The molecule has 1 fully saturated rings. The highest BCUT2D eigenvalue weighted by molar-refractivity contribution is 5.82. The molecule has 0 saturated carbocycles. The van der Waals surface area contributed by atoms with Crippen molar-refractivity contribution in [2.75, 3.05) is 86.7 Å². The topological polar surface area (TPSA) is 117 Å². The standard InChI is InChI=1S/C29H40N6O3/c1-35(2,3)25-12-13-34(20-25)24-10-6-22(7-11-24)32-28-19-27(26(30)18-29(28)38)31-21-4-8-23(9-5-21)33(14-16-36)15-17-37/h4-11,18-19,25,31-32,36-37H,12-17,20,30H2,1-3H3/p+1. The van der Waals surface area contributed by atoms with Crippen molar-refractivity contribution in [2.45, 2.75) is 12.5 Å². The van der Waals surface area contributed by atoms with Gasteiger partial charge in [-0.25, -0.2) is 0 Å². The van der Waals surface area contributed by atoms with E-state index in [0.29, 0.717) is 36.2 Å². The van der Waals surface area contributed by atoms with E-state index in [2.05, 4.69) is 48.8 Å². The Kier molecular flexibility index (Phi) is 8.51. The van der Waals surface area contributed by atoms with Gasteiger partial charge in [0.05, 0.1) is 58.0 Å². The first-order chi connectivity index (χ1) is 18.2. The van der Waals surface area contributed by atoms with Crippen molar-refractivity contribution < 1.29 is 19.8 Å². The molecule has 204 valence electrons. The number of nitrogens with zero attached hydrogens (tertiary/aromatic N) is 3. The zero-order valence-corrected chi connectivity index (χ0v) is 22.6. The summed E-state index contributed by atoms with van der Waals surface area (Å²) in [5.74, 6) is 0.0708. The summed E-state index contributed by atoms with van der Waals surface area (Å²) in [4.78, 5) is 4.34. The van der Waals surface area contributed by atoms with Gasteiger partial charge in [0.1, 0.15) is 11.8 Å². The minimum Gasteiger partial charge on any atom is -0.506 e. The number of aliphatic hydroxyl groups is 2. The van der Waals surface area contributed by atoms with Crippen LogP contribution in [0.1, 0.15) is 6.42 Å². The van der Waals surface area contributed by atoms with Gasteiger partial charge in [-0.2, -0.15) is 0 Å². The largest absolute Gasteiger partial charge is 0.506 e. The van der Waals surface area contributed by atoms with Crippen LogP contribution in [0.2, 0.25) is 0 Å². The second kappa shape index (κ2) is 11.8. The predicted molar refractivity (Wildman–Crippen MR) is 157 cm³/mol. The highest BCUT2D eigenvalue weighted by Gasteiger charge is 2.32. The Labute approximate surface area is 225 Å². The zero-order valence-electron chi connectivity index (χ0n) is 22.6. The smallest absolute Gasteiger partial charge is 0.141 e. The Morgan fingerprint density at radius 3 is 2.03 bits per heavy atom. The molecule has 0 spiro atoms. The van der Waals surface area contributed by atoms with Crippen LogP contribution in [-0.2, 0) is 0 Å². The average Bonchev–Trinajstić information content (AvgIpc) is 3.39. The van der Waals surface area contributed by atoms with Gasteiger partial charge in [0, 0.05) is 54.9 Å². The highest BCUT2D eigenvalue weighted by atomic mass is 16.3. The maximum atomic E-state index is 10.5. The summed E-state index contributed by atoms with van der Waals surface area (Å²) in [5, 5.41) is 35.7. The number of aliphatic hydroxyl groups excluding tert-OH is 2. The molecule has 0 radical (unpaired) electrons. The molecule has 0 bridgehead atoms. The quantitative estimate of drug-likeness (QED) is 0.0982. The number of phenols is 1. The molecule has 0 amide bonds. The molecule has 7 N–H and O–H groups in total. The van der Waals surface area contributed by atoms with E-state index in [4.69, 9.17) is 5.73 Å². The number of likely N-dealkylation sites (N-methyl/N-ethyl adjacent to an activating group) is 1. The van der Waals surface area contributed by atoms with Gasteiger partial charge in [-0.3, -0.25) is 0 Å². The molecule has 1 saturated heterocycles. The first-order valence-electron chi connectivity index (χ1n) is 13.1. The van der Waals surface area contributed by atoms with E-state index in [1.54, 1.807) is 6.07 Å². The molecule has 38 heavy (non-hydrogen) atoms. The third-order valence-electron chi connectivity index (χ3n) is 7.19. The number of quaternary nitrogens is 1. The summed E-state index contributed by atoms with van der Waals surface area (Å²) in [5.41, 5.74) is 11.7. The Morgan fingerprint density at radius 2 is 1.47 bits per heavy atom. The Bertz CT molecular complexity index is 1190. The summed E-state index contributed by atoms with van der Waals surface area (Å²) < 4.78 is 0.971. The van der Waals surface area contributed by atoms with Crippen molar-refractivity contribution >= 4 is 39.8 Å². The van der Waals surface area contributed by atoms with Gasteiger partial charge < -0.3 is 46.0 Å². The first-order valence-corrected chi connectivity index (χ1v) is 13.1. The lowest BCUT2D eigenvalue weighted by Crippen LogP contribution is -2.46. The number of hydrogen-bond donors (Lipinski definition) is 6. The Morgan fingerprint density at radius 1 is 0.895 bits per heavy atom. The molecule has 3 aromatic carbocycles. The number of anilines is 7. The predicted octanol–water partition coefficient (Wildman–Crippen LogP) is 3.54. The van der Waals surface area contributed by atoms with Gasteiger partial charge in [-0.05, 0) is 54.6 Å². The molecular formula is C29H41N6O3+.